The van der Waals surface area contributed by atoms with E-state index in [1.54, 1.807) is 37.0 Å². The first-order valence-corrected chi connectivity index (χ1v) is 11.8. The molecule has 2 bridgehead atoms. The van der Waals surface area contributed by atoms with E-state index >= 15 is 0 Å². The fourth-order valence-corrected chi connectivity index (χ4v) is 6.07. The second-order valence-electron chi connectivity index (χ2n) is 10.3. The number of rotatable bonds is 6. The molecule has 4 aliphatic heterocycles. The van der Waals surface area contributed by atoms with Crippen LogP contribution < -0.4 is 5.32 Å². The van der Waals surface area contributed by atoms with E-state index in [0.29, 0.717) is 30.5 Å². The number of piperazine rings is 1. The van der Waals surface area contributed by atoms with E-state index in [1.807, 2.05) is 30.3 Å². The second kappa shape index (κ2) is 7.86. The number of hydrogen-bond donors (Lipinski definition) is 1. The maximum absolute atomic E-state index is 13.8. The van der Waals surface area contributed by atoms with Crippen LogP contribution in [-0.4, -0.2) is 45.5 Å². The van der Waals surface area contributed by atoms with Gasteiger partial charge in [0.05, 0.1) is 10.5 Å². The quantitative estimate of drug-likeness (QED) is 0.390. The Kier molecular flexibility index (Phi) is 5.16. The van der Waals surface area contributed by atoms with Crippen molar-refractivity contribution in [2.75, 3.05) is 6.54 Å². The highest BCUT2D eigenvalue weighted by atomic mass is 16.6. The van der Waals surface area contributed by atoms with Crippen molar-refractivity contribution in [2.45, 2.75) is 44.2 Å². The van der Waals surface area contributed by atoms with E-state index in [-0.39, 0.29) is 17.5 Å². The average molecular weight is 474 g/mol. The molecule has 0 aromatic heterocycles. The van der Waals surface area contributed by atoms with Crippen molar-refractivity contribution in [3.8, 4) is 11.1 Å². The van der Waals surface area contributed by atoms with Gasteiger partial charge in [0.2, 0.25) is 5.91 Å². The van der Waals surface area contributed by atoms with Crippen LogP contribution in [0.2, 0.25) is 0 Å². The molecule has 3 atom stereocenters. The lowest BCUT2D eigenvalue weighted by molar-refractivity contribution is -0.385. The van der Waals surface area contributed by atoms with E-state index < -0.39 is 27.3 Å². The molecule has 4 heterocycles. The molecular formula is C27H27N3O5. The molecule has 0 radical (unpaired) electrons. The summed E-state index contributed by atoms with van der Waals surface area (Å²) in [5.74, 6) is -0.947. The van der Waals surface area contributed by atoms with Crippen LogP contribution in [0.15, 0.2) is 54.6 Å². The van der Waals surface area contributed by atoms with Crippen molar-refractivity contribution in [3.63, 3.8) is 0 Å². The summed E-state index contributed by atoms with van der Waals surface area (Å²) in [5, 5.41) is 14.9. The average Bonchev–Trinajstić information content (AvgIpc) is 3.30. The molecule has 4 fully saturated rings. The standard InChI is InChI=1S/C27H27N3O5/c1-25(2,17-31)22-16-26-12-6-14-29(26)24(33)27(22,28-23(26)32)13-11-19-9-10-20(15-21(19)30(34)35)18-7-4-3-5-8-18/h3-5,7-11,13,15,17,22H,6,12,14,16H2,1-2H3,(H,28,32)/b13-11+. The number of benzene rings is 2. The summed E-state index contributed by atoms with van der Waals surface area (Å²) in [6, 6.07) is 14.3. The van der Waals surface area contributed by atoms with E-state index in [0.717, 1.165) is 18.3 Å². The highest BCUT2D eigenvalue weighted by Gasteiger charge is 2.70. The summed E-state index contributed by atoms with van der Waals surface area (Å²) in [4.78, 5) is 52.2. The maximum atomic E-state index is 13.8. The Bertz CT molecular complexity index is 1270. The third kappa shape index (κ3) is 3.31. The van der Waals surface area contributed by atoms with Crippen LogP contribution in [0.5, 0.6) is 0 Å². The largest absolute Gasteiger partial charge is 0.336 e. The molecule has 6 rings (SSSR count). The predicted octanol–water partition coefficient (Wildman–Crippen LogP) is 3.75. The lowest BCUT2D eigenvalue weighted by Crippen LogP contribution is -2.82. The van der Waals surface area contributed by atoms with Crippen LogP contribution >= 0.6 is 0 Å². The highest BCUT2D eigenvalue weighted by molar-refractivity contribution is 6.07. The van der Waals surface area contributed by atoms with Crippen molar-refractivity contribution >= 4 is 29.9 Å². The predicted molar refractivity (Wildman–Crippen MR) is 130 cm³/mol. The molecule has 180 valence electrons. The molecule has 8 heteroatoms. The molecule has 2 aromatic carbocycles. The summed E-state index contributed by atoms with van der Waals surface area (Å²) in [6.45, 7) is 4.03. The first kappa shape index (κ1) is 23.0. The van der Waals surface area contributed by atoms with E-state index in [4.69, 9.17) is 0 Å². The van der Waals surface area contributed by atoms with Crippen molar-refractivity contribution < 1.29 is 19.3 Å². The first-order valence-electron chi connectivity index (χ1n) is 11.8. The van der Waals surface area contributed by atoms with Crippen molar-refractivity contribution in [3.05, 3.63) is 70.3 Å². The van der Waals surface area contributed by atoms with Crippen LogP contribution in [0, 0.1) is 21.4 Å². The number of nitro groups is 1. The van der Waals surface area contributed by atoms with Gasteiger partial charge in [-0.1, -0.05) is 50.2 Å². The number of nitrogens with zero attached hydrogens (tertiary/aromatic N) is 2. The van der Waals surface area contributed by atoms with E-state index in [1.165, 1.54) is 12.1 Å². The number of aldehydes is 1. The van der Waals surface area contributed by atoms with Crippen LogP contribution in [-0.2, 0) is 14.4 Å². The molecule has 8 nitrogen and oxygen atoms in total. The fraction of sp³-hybridized carbons (Fsp3) is 0.370. The van der Waals surface area contributed by atoms with E-state index in [2.05, 4.69) is 5.32 Å². The zero-order valence-corrected chi connectivity index (χ0v) is 19.7. The van der Waals surface area contributed by atoms with Gasteiger partial charge in [-0.05, 0) is 48.6 Å². The Balaban J connectivity index is 1.60. The van der Waals surface area contributed by atoms with Gasteiger partial charge in [0, 0.05) is 23.9 Å². The number of fused-ring (bicyclic) bond motifs is 2. The molecule has 1 spiro atoms. The Morgan fingerprint density at radius 2 is 1.89 bits per heavy atom. The molecule has 4 aliphatic rings. The summed E-state index contributed by atoms with van der Waals surface area (Å²) in [6.07, 6.45) is 5.61. The van der Waals surface area contributed by atoms with Crippen LogP contribution in [0.4, 0.5) is 5.69 Å². The Morgan fingerprint density at radius 1 is 1.14 bits per heavy atom. The zero-order chi connectivity index (χ0) is 25.0. The monoisotopic (exact) mass is 473 g/mol. The smallest absolute Gasteiger partial charge is 0.277 e. The van der Waals surface area contributed by atoms with Crippen LogP contribution in [0.1, 0.15) is 38.7 Å². The minimum absolute atomic E-state index is 0.105. The van der Waals surface area contributed by atoms with Gasteiger partial charge in [0.15, 0.2) is 0 Å². The lowest BCUT2D eigenvalue weighted by Gasteiger charge is -2.60. The van der Waals surface area contributed by atoms with Gasteiger partial charge in [-0.25, -0.2) is 0 Å². The number of nitrogens with one attached hydrogen (secondary N) is 1. The summed E-state index contributed by atoms with van der Waals surface area (Å²) in [5.41, 5.74) is -1.48. The Hall–Kier alpha value is -3.81. The maximum Gasteiger partial charge on any atom is 0.277 e. The van der Waals surface area contributed by atoms with Gasteiger partial charge in [-0.2, -0.15) is 0 Å². The zero-order valence-electron chi connectivity index (χ0n) is 19.7. The van der Waals surface area contributed by atoms with E-state index in [9.17, 15) is 24.5 Å². The minimum Gasteiger partial charge on any atom is -0.336 e. The molecule has 0 saturated carbocycles. The second-order valence-corrected chi connectivity index (χ2v) is 10.3. The summed E-state index contributed by atoms with van der Waals surface area (Å²) in [7, 11) is 0. The van der Waals surface area contributed by atoms with Gasteiger partial charge in [-0.15, -0.1) is 0 Å². The van der Waals surface area contributed by atoms with Crippen LogP contribution in [0.3, 0.4) is 0 Å². The van der Waals surface area contributed by atoms with Crippen molar-refractivity contribution in [1.82, 2.24) is 10.2 Å². The lowest BCUT2D eigenvalue weighted by atomic mass is 9.57. The molecule has 3 unspecified atom stereocenters. The summed E-state index contributed by atoms with van der Waals surface area (Å²) >= 11 is 0. The Labute approximate surface area is 203 Å². The summed E-state index contributed by atoms with van der Waals surface area (Å²) < 4.78 is 0. The fourth-order valence-electron chi connectivity index (χ4n) is 6.07. The molecule has 4 saturated heterocycles. The van der Waals surface area contributed by atoms with Crippen molar-refractivity contribution in [1.29, 1.82) is 0 Å². The Morgan fingerprint density at radius 3 is 2.57 bits per heavy atom. The molecule has 35 heavy (non-hydrogen) atoms. The van der Waals surface area contributed by atoms with Crippen LogP contribution in [0.25, 0.3) is 17.2 Å². The number of nitro benzene ring substituents is 1. The van der Waals surface area contributed by atoms with Gasteiger partial charge >= 0.3 is 0 Å². The molecular weight excluding hydrogens is 446 g/mol. The highest BCUT2D eigenvalue weighted by Crippen LogP contribution is 2.54. The van der Waals surface area contributed by atoms with Gasteiger partial charge in [-0.3, -0.25) is 19.7 Å². The van der Waals surface area contributed by atoms with Gasteiger partial charge in [0.25, 0.3) is 11.6 Å². The molecule has 0 aliphatic carbocycles. The minimum atomic E-state index is -1.44. The molecule has 2 aromatic rings. The number of amides is 2. The molecule has 1 N–H and O–H groups in total. The number of hydrogen-bond acceptors (Lipinski definition) is 5. The number of carbonyl (C=O) groups is 3. The van der Waals surface area contributed by atoms with Gasteiger partial charge < -0.3 is 15.0 Å². The van der Waals surface area contributed by atoms with Gasteiger partial charge in [0.1, 0.15) is 17.4 Å². The number of carbonyl (C=O) groups excluding carboxylic acids is 3. The topological polar surface area (TPSA) is 110 Å². The normalized spacial score (nSPS) is 27.7. The third-order valence-electron chi connectivity index (χ3n) is 7.98. The third-order valence-corrected chi connectivity index (χ3v) is 7.98. The first-order chi connectivity index (χ1) is 16.6. The number of piperidine rings is 2. The molecule has 2 amide bonds. The SMILES string of the molecule is CC(C)(C=O)C1CC23CCCN2C(=O)C1(/C=C/c1ccc(-c2ccccc2)cc1[N+](=O)[O-])NC3=O. The van der Waals surface area contributed by atoms with Crippen molar-refractivity contribution in [2.24, 2.45) is 11.3 Å².